The number of hydrogen-bond acceptors (Lipinski definition) is 12. The lowest BCUT2D eigenvalue weighted by Gasteiger charge is -2.48. The number of nitrogens with zero attached hydrogens (tertiary/aromatic N) is 3. The Morgan fingerprint density at radius 1 is 0.731 bits per heavy atom. The van der Waals surface area contributed by atoms with Gasteiger partial charge in [-0.3, -0.25) is 9.69 Å². The minimum absolute atomic E-state index is 0.0361. The van der Waals surface area contributed by atoms with Crippen molar-refractivity contribution in [3.05, 3.63) is 64.2 Å². The van der Waals surface area contributed by atoms with Crippen molar-refractivity contribution in [2.45, 2.75) is 63.7 Å². The molecule has 2 unspecified atom stereocenters. The van der Waals surface area contributed by atoms with Gasteiger partial charge in [0.25, 0.3) is 0 Å². The number of rotatable bonds is 13. The molecule has 0 N–H and O–H groups in total. The summed E-state index contributed by atoms with van der Waals surface area (Å²) in [5.41, 5.74) is 4.86. The maximum absolute atomic E-state index is 13.4. The lowest BCUT2D eigenvalue weighted by atomic mass is 9.82. The fraction of sp³-hybridized carbons (Fsp3) is 0.500. The molecule has 0 amide bonds. The quantitative estimate of drug-likeness (QED) is 0.194. The summed E-state index contributed by atoms with van der Waals surface area (Å²) in [6, 6.07) is 12.9. The Morgan fingerprint density at radius 3 is 1.71 bits per heavy atom. The Balaban J connectivity index is 0.00000297. The zero-order valence-corrected chi connectivity index (χ0v) is 32.3. The lowest BCUT2D eigenvalue weighted by molar-refractivity contribution is -0.146. The second kappa shape index (κ2) is 18.1. The van der Waals surface area contributed by atoms with E-state index in [1.165, 1.54) is 0 Å². The molecule has 4 atom stereocenters. The number of carbonyl (C=O) groups is 1. The van der Waals surface area contributed by atoms with E-state index < -0.39 is 12.1 Å². The van der Waals surface area contributed by atoms with Gasteiger partial charge < -0.3 is 42.8 Å². The fourth-order valence-electron chi connectivity index (χ4n) is 7.46. The molecule has 2 aliphatic rings. The monoisotopic (exact) mass is 719 g/mol. The van der Waals surface area contributed by atoms with Crippen LogP contribution in [0.2, 0.25) is 0 Å². The Hall–Kier alpha value is -4.86. The van der Waals surface area contributed by atoms with E-state index in [0.717, 1.165) is 27.8 Å². The topological polar surface area (TPSA) is 121 Å². The van der Waals surface area contributed by atoms with Crippen LogP contribution in [0.25, 0.3) is 0 Å². The van der Waals surface area contributed by atoms with Crippen LogP contribution < -0.4 is 33.2 Å². The van der Waals surface area contributed by atoms with Crippen LogP contribution in [0.4, 0.5) is 0 Å². The van der Waals surface area contributed by atoms with Gasteiger partial charge in [-0.15, -0.1) is 0 Å². The van der Waals surface area contributed by atoms with Gasteiger partial charge in [-0.25, -0.2) is 0 Å². The number of hydrogen-bond donors (Lipinski definition) is 0. The van der Waals surface area contributed by atoms with E-state index in [9.17, 15) is 10.1 Å². The molecule has 0 aromatic heterocycles. The number of methoxy groups -OCH3 is 7. The lowest BCUT2D eigenvalue weighted by Crippen LogP contribution is -2.54. The first-order valence-electron chi connectivity index (χ1n) is 17.4. The van der Waals surface area contributed by atoms with E-state index in [0.29, 0.717) is 59.5 Å². The summed E-state index contributed by atoms with van der Waals surface area (Å²) in [6.45, 7) is 4.04. The molecule has 0 saturated carbocycles. The van der Waals surface area contributed by atoms with Gasteiger partial charge in [0.05, 0.1) is 67.9 Å². The van der Waals surface area contributed by atoms with Gasteiger partial charge in [-0.05, 0) is 91.2 Å². The summed E-state index contributed by atoms with van der Waals surface area (Å²) in [4.78, 5) is 17.8. The second-order valence-corrected chi connectivity index (χ2v) is 12.5. The number of fused-ring (bicyclic) bond motifs is 3. The number of likely N-dealkylation sites (N-methyl/N-ethyl adjacent to an activating group) is 1. The number of esters is 1. The van der Waals surface area contributed by atoms with Crippen molar-refractivity contribution in [3.8, 4) is 46.3 Å². The van der Waals surface area contributed by atoms with Crippen molar-refractivity contribution in [1.29, 1.82) is 5.26 Å². The van der Waals surface area contributed by atoms with Gasteiger partial charge >= 0.3 is 5.97 Å². The van der Waals surface area contributed by atoms with Crippen molar-refractivity contribution < 1.29 is 42.7 Å². The molecule has 5 rings (SSSR count). The van der Waals surface area contributed by atoms with Gasteiger partial charge in [0, 0.05) is 18.9 Å². The van der Waals surface area contributed by atoms with E-state index in [2.05, 4.69) is 15.9 Å². The van der Waals surface area contributed by atoms with E-state index in [-0.39, 0.29) is 31.1 Å². The molecule has 0 saturated heterocycles. The summed E-state index contributed by atoms with van der Waals surface area (Å²) in [7, 11) is 15.2. The van der Waals surface area contributed by atoms with E-state index >= 15 is 0 Å². The van der Waals surface area contributed by atoms with Crippen LogP contribution >= 0.6 is 0 Å². The van der Waals surface area contributed by atoms with Gasteiger partial charge in [0.15, 0.2) is 34.5 Å². The molecule has 0 aliphatic carbocycles. The second-order valence-electron chi connectivity index (χ2n) is 12.5. The maximum Gasteiger partial charge on any atom is 0.306 e. The highest BCUT2D eigenvalue weighted by Crippen LogP contribution is 2.48. The zero-order valence-electron chi connectivity index (χ0n) is 32.3. The first-order valence-corrected chi connectivity index (χ1v) is 17.4. The molecule has 0 bridgehead atoms. The average molecular weight is 720 g/mol. The number of carbonyl (C=O) groups excluding carboxylic acids is 1. The van der Waals surface area contributed by atoms with Gasteiger partial charge in [0.2, 0.25) is 5.75 Å². The van der Waals surface area contributed by atoms with Gasteiger partial charge in [-0.2, -0.15) is 5.26 Å². The van der Waals surface area contributed by atoms with Gasteiger partial charge in [-0.1, -0.05) is 13.8 Å². The summed E-state index contributed by atoms with van der Waals surface area (Å²) in [6.07, 6.45) is 1.59. The molecular formula is C40H53N3O9. The third kappa shape index (κ3) is 7.96. The molecule has 12 nitrogen and oxygen atoms in total. The molecule has 12 heteroatoms. The van der Waals surface area contributed by atoms with Crippen molar-refractivity contribution in [2.75, 3.05) is 70.5 Å². The summed E-state index contributed by atoms with van der Waals surface area (Å²) < 4.78 is 45.3. The molecular weight excluding hydrogens is 666 g/mol. The third-order valence-electron chi connectivity index (χ3n) is 9.73. The number of benzene rings is 3. The highest BCUT2D eigenvalue weighted by Gasteiger charge is 2.47. The Bertz CT molecular complexity index is 1710. The maximum atomic E-state index is 13.4. The standard InChI is InChI=1S/C38H47N3O9.C2H6/c1-40(2)37-27-19-33(46-6)30(43-3)16-23(27)14-25(20-39)41-28(37)15-24-17-31(44-4)32(45-5)18-26(24)29(41)21-50-36(42)11-10-22-12-34(47-7)38(49-9)35(13-22)48-8;1-2/h12-13,16-19,25,28-29,37H,10-11,14-15,21H2,1-9H3;1-2H3/t25-,28?,29?,37-;/m1./s1. The van der Waals surface area contributed by atoms with E-state index in [4.69, 9.17) is 37.9 Å². The molecule has 0 spiro atoms. The van der Waals surface area contributed by atoms with Gasteiger partial charge in [0.1, 0.15) is 12.6 Å². The minimum Gasteiger partial charge on any atom is -0.493 e. The Kier molecular flexibility index (Phi) is 13.9. The molecule has 3 aromatic carbocycles. The van der Waals surface area contributed by atoms with Crippen LogP contribution in [0.5, 0.6) is 40.2 Å². The van der Waals surface area contributed by atoms with Crippen molar-refractivity contribution in [3.63, 3.8) is 0 Å². The average Bonchev–Trinajstić information content (AvgIpc) is 3.31. The minimum atomic E-state index is -0.536. The van der Waals surface area contributed by atoms with Crippen LogP contribution in [-0.4, -0.2) is 98.3 Å². The zero-order chi connectivity index (χ0) is 38.1. The highest BCUT2D eigenvalue weighted by atomic mass is 16.5. The molecule has 0 fully saturated rings. The SMILES string of the molecule is CC.COc1cc2c(cc1OC)C(COC(=O)CCc1cc(OC)c(OC)c(OC)c1)N1C(C2)[C@H](N(C)C)c2cc(OC)c(OC)cc2C[C@@H]1C#N. The molecule has 3 aromatic rings. The number of aryl methyl sites for hydroxylation is 1. The molecule has 2 aliphatic heterocycles. The van der Waals surface area contributed by atoms with E-state index in [1.54, 1.807) is 49.8 Å². The first-order chi connectivity index (χ1) is 25.2. The summed E-state index contributed by atoms with van der Waals surface area (Å²) in [5, 5.41) is 10.7. The number of nitriles is 1. The predicted octanol–water partition coefficient (Wildman–Crippen LogP) is 5.97. The van der Waals surface area contributed by atoms with Crippen LogP contribution in [0.15, 0.2) is 36.4 Å². The molecule has 52 heavy (non-hydrogen) atoms. The van der Waals surface area contributed by atoms with Crippen molar-refractivity contribution >= 4 is 5.97 Å². The fourth-order valence-corrected chi connectivity index (χ4v) is 7.46. The molecule has 0 radical (unpaired) electrons. The smallest absolute Gasteiger partial charge is 0.306 e. The van der Waals surface area contributed by atoms with Crippen molar-refractivity contribution in [2.24, 2.45) is 0 Å². The number of ether oxygens (including phenoxy) is 8. The Labute approximate surface area is 308 Å². The summed E-state index contributed by atoms with van der Waals surface area (Å²) >= 11 is 0. The third-order valence-corrected chi connectivity index (χ3v) is 9.73. The van der Waals surface area contributed by atoms with Crippen LogP contribution in [0.1, 0.15) is 60.2 Å². The van der Waals surface area contributed by atoms with Crippen molar-refractivity contribution in [1.82, 2.24) is 9.80 Å². The first kappa shape index (κ1) is 39.9. The highest BCUT2D eigenvalue weighted by molar-refractivity contribution is 5.70. The predicted molar refractivity (Wildman–Crippen MR) is 197 cm³/mol. The Morgan fingerprint density at radius 2 is 1.23 bits per heavy atom. The molecule has 282 valence electrons. The van der Waals surface area contributed by atoms with Crippen LogP contribution in [-0.2, 0) is 28.8 Å². The van der Waals surface area contributed by atoms with Crippen LogP contribution in [0.3, 0.4) is 0 Å². The normalized spacial score (nSPS) is 18.9. The van der Waals surface area contributed by atoms with Crippen LogP contribution in [0, 0.1) is 11.3 Å². The molecule has 2 heterocycles. The summed E-state index contributed by atoms with van der Waals surface area (Å²) in [5.74, 6) is 3.55. The largest absolute Gasteiger partial charge is 0.493 e. The van der Waals surface area contributed by atoms with E-state index in [1.807, 2.05) is 64.3 Å².